The number of hydrogen-bond donors (Lipinski definition) is 2. The summed E-state index contributed by atoms with van der Waals surface area (Å²) in [7, 11) is -3.76. The van der Waals surface area contributed by atoms with Gasteiger partial charge in [-0.2, -0.15) is 5.10 Å². The third kappa shape index (κ3) is 6.32. The van der Waals surface area contributed by atoms with Crippen molar-refractivity contribution in [3.63, 3.8) is 0 Å². The van der Waals surface area contributed by atoms with Crippen molar-refractivity contribution < 1.29 is 22.4 Å². The van der Waals surface area contributed by atoms with Crippen LogP contribution in [-0.4, -0.2) is 20.6 Å². The van der Waals surface area contributed by atoms with E-state index in [4.69, 9.17) is 37.5 Å². The van der Waals surface area contributed by atoms with Crippen molar-refractivity contribution in [3.05, 3.63) is 106 Å². The number of hydrazone groups is 1. The van der Waals surface area contributed by atoms with Gasteiger partial charge in [0.2, 0.25) is 10.0 Å². The second kappa shape index (κ2) is 11.0. The number of sulfonamides is 1. The zero-order valence-electron chi connectivity index (χ0n) is 18.5. The van der Waals surface area contributed by atoms with Gasteiger partial charge < -0.3 is 9.15 Å². The number of nitrogens with two attached hydrogens (primary N) is 1. The Morgan fingerprint density at radius 2 is 1.75 bits per heavy atom. The van der Waals surface area contributed by atoms with Gasteiger partial charge in [-0.25, -0.2) is 18.4 Å². The Bertz CT molecular complexity index is 1530. The van der Waals surface area contributed by atoms with Crippen LogP contribution in [0.2, 0.25) is 10.0 Å². The van der Waals surface area contributed by atoms with Crippen LogP contribution in [-0.2, 0) is 21.4 Å². The summed E-state index contributed by atoms with van der Waals surface area (Å²) < 4.78 is 33.8. The number of anilines is 1. The van der Waals surface area contributed by atoms with Crippen LogP contribution in [0.5, 0.6) is 0 Å². The van der Waals surface area contributed by atoms with E-state index in [2.05, 4.69) is 10.5 Å². The number of nitrogens with zero attached hydrogens (tertiary/aromatic N) is 1. The monoisotopic (exact) mass is 543 g/mol. The molecule has 0 amide bonds. The van der Waals surface area contributed by atoms with Crippen LogP contribution >= 0.6 is 23.2 Å². The Balaban J connectivity index is 1.42. The summed E-state index contributed by atoms with van der Waals surface area (Å²) in [6, 6.07) is 21.2. The number of benzene rings is 3. The Morgan fingerprint density at radius 3 is 2.47 bits per heavy atom. The molecule has 0 aliphatic rings. The molecule has 4 rings (SSSR count). The van der Waals surface area contributed by atoms with Gasteiger partial charge in [-0.1, -0.05) is 41.4 Å². The first-order valence-electron chi connectivity index (χ1n) is 10.4. The zero-order chi connectivity index (χ0) is 25.7. The van der Waals surface area contributed by atoms with E-state index in [9.17, 15) is 13.2 Å². The molecule has 1 aromatic heterocycles. The molecule has 0 saturated heterocycles. The van der Waals surface area contributed by atoms with E-state index in [1.54, 1.807) is 54.6 Å². The van der Waals surface area contributed by atoms with Gasteiger partial charge in [0.15, 0.2) is 0 Å². The largest absolute Gasteiger partial charge is 0.457 e. The SMILES string of the molecule is NS(=O)(=O)c1ccc(NN=Cc2ccc(-c3ccc(Cl)c(C(=O)OCc4ccccc4Cl)c3)o2)cc1. The first-order chi connectivity index (χ1) is 17.2. The van der Waals surface area contributed by atoms with E-state index < -0.39 is 16.0 Å². The van der Waals surface area contributed by atoms with Gasteiger partial charge in [-0.3, -0.25) is 5.43 Å². The fourth-order valence-electron chi connectivity index (χ4n) is 3.14. The van der Waals surface area contributed by atoms with Gasteiger partial charge >= 0.3 is 5.97 Å². The first kappa shape index (κ1) is 25.5. The highest BCUT2D eigenvalue weighted by molar-refractivity contribution is 7.89. The lowest BCUT2D eigenvalue weighted by Crippen LogP contribution is -2.11. The van der Waals surface area contributed by atoms with Crippen LogP contribution < -0.4 is 10.6 Å². The van der Waals surface area contributed by atoms with Crippen molar-refractivity contribution in [2.45, 2.75) is 11.5 Å². The third-order valence-corrected chi connectivity index (χ3v) is 6.61. The Morgan fingerprint density at radius 1 is 1.00 bits per heavy atom. The average molecular weight is 544 g/mol. The number of esters is 1. The maximum atomic E-state index is 12.6. The molecule has 8 nitrogen and oxygen atoms in total. The van der Waals surface area contributed by atoms with Crippen LogP contribution in [0.3, 0.4) is 0 Å². The standard InChI is InChI=1S/C25H19Cl2N3O5S/c26-22-4-2-1-3-17(22)15-34-25(31)21-13-16(5-11-23(21)27)24-12-8-19(35-24)14-29-30-18-6-9-20(10-7-18)36(28,32)33/h1-14,30H,15H2,(H2,28,32,33). The molecule has 0 bridgehead atoms. The van der Waals surface area contributed by atoms with Crippen LogP contribution in [0.4, 0.5) is 5.69 Å². The highest BCUT2D eigenvalue weighted by Gasteiger charge is 2.16. The topological polar surface area (TPSA) is 124 Å². The van der Waals surface area contributed by atoms with Crippen molar-refractivity contribution in [1.82, 2.24) is 0 Å². The molecule has 11 heteroatoms. The van der Waals surface area contributed by atoms with Gasteiger partial charge in [0.1, 0.15) is 18.1 Å². The number of primary sulfonamides is 1. The molecule has 0 fully saturated rings. The van der Waals surface area contributed by atoms with Gasteiger partial charge in [0, 0.05) is 16.1 Å². The lowest BCUT2D eigenvalue weighted by molar-refractivity contribution is 0.0473. The fourth-order valence-corrected chi connectivity index (χ4v) is 4.04. The second-order valence-electron chi connectivity index (χ2n) is 7.50. The maximum absolute atomic E-state index is 12.6. The summed E-state index contributed by atoms with van der Waals surface area (Å²) in [5.41, 5.74) is 4.82. The molecule has 1 heterocycles. The molecule has 3 N–H and O–H groups in total. The minimum atomic E-state index is -3.76. The lowest BCUT2D eigenvalue weighted by Gasteiger charge is -2.09. The molecule has 0 aliphatic heterocycles. The van der Waals surface area contributed by atoms with Gasteiger partial charge in [0.05, 0.1) is 27.4 Å². The van der Waals surface area contributed by atoms with Gasteiger partial charge in [-0.05, 0) is 60.7 Å². The van der Waals surface area contributed by atoms with E-state index in [1.165, 1.54) is 30.5 Å². The molecule has 0 aliphatic carbocycles. The second-order valence-corrected chi connectivity index (χ2v) is 9.88. The van der Waals surface area contributed by atoms with E-state index >= 15 is 0 Å². The summed E-state index contributed by atoms with van der Waals surface area (Å²) in [5, 5.41) is 9.91. The maximum Gasteiger partial charge on any atom is 0.340 e. The number of rotatable bonds is 8. The minimum Gasteiger partial charge on any atom is -0.457 e. The summed E-state index contributed by atoms with van der Waals surface area (Å²) in [4.78, 5) is 12.6. The average Bonchev–Trinajstić information content (AvgIpc) is 3.32. The molecule has 0 unspecified atom stereocenters. The van der Waals surface area contributed by atoms with E-state index in [0.29, 0.717) is 33.4 Å². The Kier molecular flexibility index (Phi) is 7.76. The van der Waals surface area contributed by atoms with Crippen LogP contribution in [0.1, 0.15) is 21.7 Å². The molecular formula is C25H19Cl2N3O5S. The molecule has 36 heavy (non-hydrogen) atoms. The molecule has 3 aromatic carbocycles. The van der Waals surface area contributed by atoms with Crippen molar-refractivity contribution in [2.75, 3.05) is 5.43 Å². The van der Waals surface area contributed by atoms with Crippen LogP contribution in [0, 0.1) is 0 Å². The lowest BCUT2D eigenvalue weighted by atomic mass is 10.1. The number of furan rings is 1. The summed E-state index contributed by atoms with van der Waals surface area (Å²) in [6.07, 6.45) is 1.45. The van der Waals surface area contributed by atoms with E-state index in [0.717, 1.165) is 0 Å². The van der Waals surface area contributed by atoms with E-state index in [-0.39, 0.29) is 22.1 Å². The summed E-state index contributed by atoms with van der Waals surface area (Å²) >= 11 is 12.3. The zero-order valence-corrected chi connectivity index (χ0v) is 20.8. The Hall–Kier alpha value is -3.63. The first-order valence-corrected chi connectivity index (χ1v) is 12.7. The number of nitrogens with one attached hydrogen (secondary N) is 1. The Labute approximate surface area is 217 Å². The fraction of sp³-hybridized carbons (Fsp3) is 0.0400. The smallest absolute Gasteiger partial charge is 0.340 e. The van der Waals surface area contributed by atoms with E-state index in [1.807, 2.05) is 0 Å². The van der Waals surface area contributed by atoms with Gasteiger partial charge in [0.25, 0.3) is 0 Å². The molecule has 184 valence electrons. The van der Waals surface area contributed by atoms with Crippen LogP contribution in [0.25, 0.3) is 11.3 Å². The minimum absolute atomic E-state index is 0.00258. The molecule has 0 atom stereocenters. The summed E-state index contributed by atoms with van der Waals surface area (Å²) in [6.45, 7) is 0.0121. The van der Waals surface area contributed by atoms with Crippen molar-refractivity contribution >= 4 is 51.1 Å². The van der Waals surface area contributed by atoms with Crippen molar-refractivity contribution in [3.8, 4) is 11.3 Å². The predicted octanol–water partition coefficient (Wildman–Crippen LogP) is 5.70. The van der Waals surface area contributed by atoms with Crippen molar-refractivity contribution in [2.24, 2.45) is 10.2 Å². The third-order valence-electron chi connectivity index (χ3n) is 4.98. The number of hydrogen-bond acceptors (Lipinski definition) is 7. The quantitative estimate of drug-likeness (QED) is 0.167. The molecule has 0 radical (unpaired) electrons. The summed E-state index contributed by atoms with van der Waals surface area (Å²) in [5.74, 6) is 0.343. The van der Waals surface area contributed by atoms with Crippen LogP contribution in [0.15, 0.2) is 93.3 Å². The normalized spacial score (nSPS) is 11.5. The highest BCUT2D eigenvalue weighted by Crippen LogP contribution is 2.28. The van der Waals surface area contributed by atoms with Crippen molar-refractivity contribution in [1.29, 1.82) is 0 Å². The number of ether oxygens (including phenoxy) is 1. The number of halogens is 2. The molecule has 4 aromatic rings. The molecular weight excluding hydrogens is 525 g/mol. The highest BCUT2D eigenvalue weighted by atomic mass is 35.5. The van der Waals surface area contributed by atoms with Gasteiger partial charge in [-0.15, -0.1) is 0 Å². The molecule has 0 spiro atoms. The number of carbonyl (C=O) groups excluding carboxylic acids is 1. The molecule has 0 saturated carbocycles. The predicted molar refractivity (Wildman–Crippen MR) is 139 cm³/mol. The number of carbonyl (C=O) groups is 1.